The molecule has 244 valence electrons. The molecular weight excluding hydrogens is 588 g/mol. The van der Waals surface area contributed by atoms with Gasteiger partial charge in [0.05, 0.1) is 24.9 Å². The first-order valence-corrected chi connectivity index (χ1v) is 15.9. The molecular formula is C35H42N4O7. The van der Waals surface area contributed by atoms with Crippen LogP contribution in [0.4, 0.5) is 4.79 Å². The predicted molar refractivity (Wildman–Crippen MR) is 170 cm³/mol. The van der Waals surface area contributed by atoms with Crippen LogP contribution in [0.25, 0.3) is 10.4 Å². The molecule has 0 aliphatic carbocycles. The van der Waals surface area contributed by atoms with Gasteiger partial charge in [-0.3, -0.25) is 0 Å². The van der Waals surface area contributed by atoms with Crippen LogP contribution in [-0.4, -0.2) is 66.5 Å². The lowest BCUT2D eigenvalue weighted by Crippen LogP contribution is -2.53. The Labute approximate surface area is 269 Å². The van der Waals surface area contributed by atoms with Crippen molar-refractivity contribution < 1.29 is 33.6 Å². The molecule has 2 aliphatic heterocycles. The van der Waals surface area contributed by atoms with Gasteiger partial charge in [-0.25, -0.2) is 4.79 Å². The molecule has 11 heteroatoms. The standard InChI is InChI=1S/C35H42N4O7/c36-38-37-31-32(40)30-22-29(45-33(46-30)28-18-10-5-11-19-28)25-43-34(31)42-21-13-2-1-12-20-39(23-26-14-6-3-7-15-26)35(41)44-24-27-16-8-4-9-17-27/h3-11,14-19,29-34,40H,1-2,12-13,20-25H2/t29?,30-,31?,32?,33?,34+/m0/s1. The summed E-state index contributed by atoms with van der Waals surface area (Å²) in [6.45, 7) is 1.83. The molecule has 0 radical (unpaired) electrons. The third-order valence-electron chi connectivity index (χ3n) is 8.11. The fourth-order valence-electron chi connectivity index (χ4n) is 5.65. The second kappa shape index (κ2) is 17.7. The van der Waals surface area contributed by atoms with Crippen LogP contribution in [0.3, 0.4) is 0 Å². The minimum Gasteiger partial charge on any atom is -0.445 e. The quantitative estimate of drug-likeness (QED) is 0.0909. The van der Waals surface area contributed by atoms with Gasteiger partial charge in [-0.05, 0) is 29.5 Å². The number of hydrogen-bond acceptors (Lipinski definition) is 8. The summed E-state index contributed by atoms with van der Waals surface area (Å²) in [6.07, 6.45) is -0.293. The van der Waals surface area contributed by atoms with E-state index >= 15 is 0 Å². The van der Waals surface area contributed by atoms with Crippen LogP contribution in [0, 0.1) is 0 Å². The van der Waals surface area contributed by atoms with Gasteiger partial charge in [-0.1, -0.05) is 109 Å². The Kier molecular flexibility index (Phi) is 12.8. The number of ether oxygens (including phenoxy) is 5. The Bertz CT molecular complexity index is 1380. The van der Waals surface area contributed by atoms with Gasteiger partial charge in [0.1, 0.15) is 12.6 Å². The number of azide groups is 1. The SMILES string of the molecule is [N-]=[N+]=NC1C(O)[C@@H]2CC(CO[C@H]1OCCCCCCN(Cc1ccccc1)C(=O)OCc1ccccc1)OC(c1ccccc1)O2. The number of nitrogens with zero attached hydrogens (tertiary/aromatic N) is 4. The van der Waals surface area contributed by atoms with E-state index < -0.39 is 30.8 Å². The Morgan fingerprint density at radius 2 is 1.59 bits per heavy atom. The molecule has 4 unspecified atom stereocenters. The number of rotatable bonds is 14. The van der Waals surface area contributed by atoms with Crippen LogP contribution in [0.5, 0.6) is 0 Å². The minimum atomic E-state index is -1.13. The normalized spacial score (nSPS) is 24.2. The van der Waals surface area contributed by atoms with E-state index in [1.807, 2.05) is 91.0 Å². The molecule has 0 spiro atoms. The maximum absolute atomic E-state index is 13.0. The molecule has 1 N–H and O–H groups in total. The lowest BCUT2D eigenvalue weighted by Gasteiger charge is -2.42. The second-order valence-corrected chi connectivity index (χ2v) is 11.5. The maximum Gasteiger partial charge on any atom is 0.410 e. The van der Waals surface area contributed by atoms with Crippen molar-refractivity contribution in [3.8, 4) is 0 Å². The van der Waals surface area contributed by atoms with Gasteiger partial charge in [0, 0.05) is 36.6 Å². The molecule has 5 rings (SSSR count). The van der Waals surface area contributed by atoms with Gasteiger partial charge >= 0.3 is 6.09 Å². The van der Waals surface area contributed by atoms with Crippen molar-refractivity contribution >= 4 is 6.09 Å². The first-order valence-electron chi connectivity index (χ1n) is 15.9. The zero-order valence-corrected chi connectivity index (χ0v) is 25.9. The van der Waals surface area contributed by atoms with Gasteiger partial charge < -0.3 is 33.7 Å². The van der Waals surface area contributed by atoms with Crippen molar-refractivity contribution in [1.29, 1.82) is 0 Å². The lowest BCUT2D eigenvalue weighted by atomic mass is 9.97. The minimum absolute atomic E-state index is 0.218. The van der Waals surface area contributed by atoms with Gasteiger partial charge in [0.25, 0.3) is 0 Å². The van der Waals surface area contributed by atoms with E-state index in [-0.39, 0.29) is 25.4 Å². The van der Waals surface area contributed by atoms with Crippen molar-refractivity contribution in [3.63, 3.8) is 0 Å². The number of carbonyl (C=O) groups excluding carboxylic acids is 1. The van der Waals surface area contributed by atoms with Crippen LogP contribution < -0.4 is 0 Å². The van der Waals surface area contributed by atoms with E-state index in [2.05, 4.69) is 10.0 Å². The zero-order valence-electron chi connectivity index (χ0n) is 25.9. The predicted octanol–water partition coefficient (Wildman–Crippen LogP) is 6.67. The monoisotopic (exact) mass is 630 g/mol. The molecule has 0 aromatic heterocycles. The van der Waals surface area contributed by atoms with Gasteiger partial charge in [-0.15, -0.1) is 0 Å². The van der Waals surface area contributed by atoms with Crippen molar-refractivity contribution in [3.05, 3.63) is 118 Å². The summed E-state index contributed by atoms with van der Waals surface area (Å²) < 4.78 is 29.8. The summed E-state index contributed by atoms with van der Waals surface area (Å²) in [5.41, 5.74) is 12.1. The average Bonchev–Trinajstić information content (AvgIpc) is 3.10. The van der Waals surface area contributed by atoms with E-state index in [1.165, 1.54) is 0 Å². The molecule has 2 fully saturated rings. The molecule has 2 bridgehead atoms. The number of benzene rings is 3. The first-order chi connectivity index (χ1) is 22.6. The van der Waals surface area contributed by atoms with Crippen LogP contribution in [0.15, 0.2) is 96.1 Å². The van der Waals surface area contributed by atoms with E-state index in [1.54, 1.807) is 4.90 Å². The third-order valence-corrected chi connectivity index (χ3v) is 8.11. The smallest absolute Gasteiger partial charge is 0.410 e. The number of hydrogen-bond donors (Lipinski definition) is 1. The highest BCUT2D eigenvalue weighted by Crippen LogP contribution is 2.35. The molecule has 2 saturated heterocycles. The lowest BCUT2D eigenvalue weighted by molar-refractivity contribution is -0.303. The number of fused-ring (bicyclic) bond motifs is 2. The Morgan fingerprint density at radius 3 is 2.30 bits per heavy atom. The van der Waals surface area contributed by atoms with E-state index in [0.717, 1.165) is 42.4 Å². The van der Waals surface area contributed by atoms with Crippen molar-refractivity contribution in [1.82, 2.24) is 4.90 Å². The van der Waals surface area contributed by atoms with E-state index in [4.69, 9.17) is 23.7 Å². The summed E-state index contributed by atoms with van der Waals surface area (Å²) in [6, 6.07) is 28.0. The molecule has 2 aliphatic rings. The zero-order chi connectivity index (χ0) is 32.0. The molecule has 46 heavy (non-hydrogen) atoms. The van der Waals surface area contributed by atoms with Gasteiger partial charge in [0.2, 0.25) is 0 Å². The number of carbonyl (C=O) groups is 1. The highest BCUT2D eigenvalue weighted by Gasteiger charge is 2.43. The second-order valence-electron chi connectivity index (χ2n) is 11.5. The summed E-state index contributed by atoms with van der Waals surface area (Å²) in [7, 11) is 0. The highest BCUT2D eigenvalue weighted by atomic mass is 16.7. The van der Waals surface area contributed by atoms with Crippen molar-refractivity contribution in [2.24, 2.45) is 5.11 Å². The summed E-state index contributed by atoms with van der Waals surface area (Å²) >= 11 is 0. The largest absolute Gasteiger partial charge is 0.445 e. The first kappa shape index (κ1) is 33.4. The summed E-state index contributed by atoms with van der Waals surface area (Å²) in [4.78, 5) is 17.7. The van der Waals surface area contributed by atoms with Crippen LogP contribution >= 0.6 is 0 Å². The van der Waals surface area contributed by atoms with Crippen molar-refractivity contribution in [2.45, 2.75) is 82.2 Å². The maximum atomic E-state index is 13.0. The van der Waals surface area contributed by atoms with E-state index in [0.29, 0.717) is 26.1 Å². The third kappa shape index (κ3) is 9.77. The van der Waals surface area contributed by atoms with E-state index in [9.17, 15) is 15.4 Å². The van der Waals surface area contributed by atoms with Crippen LogP contribution in [0.1, 0.15) is 55.1 Å². The number of unbranched alkanes of at least 4 members (excludes halogenated alkanes) is 3. The summed E-state index contributed by atoms with van der Waals surface area (Å²) in [5, 5.41) is 15.0. The fourth-order valence-corrected chi connectivity index (χ4v) is 5.65. The van der Waals surface area contributed by atoms with Gasteiger partial charge in [-0.2, -0.15) is 0 Å². The van der Waals surface area contributed by atoms with Crippen molar-refractivity contribution in [2.75, 3.05) is 19.8 Å². The van der Waals surface area contributed by atoms with Crippen LogP contribution in [0.2, 0.25) is 0 Å². The number of aliphatic hydroxyl groups excluding tert-OH is 1. The highest BCUT2D eigenvalue weighted by molar-refractivity contribution is 5.67. The summed E-state index contributed by atoms with van der Waals surface area (Å²) in [5.74, 6) is 0. The molecule has 1 amide bonds. The molecule has 6 atom stereocenters. The molecule has 11 nitrogen and oxygen atoms in total. The Morgan fingerprint density at radius 1 is 0.913 bits per heavy atom. The average molecular weight is 631 g/mol. The number of aliphatic hydroxyl groups is 1. The fraction of sp³-hybridized carbons (Fsp3) is 0.457. The molecule has 3 aromatic carbocycles. The number of amides is 1. The molecule has 3 aromatic rings. The Hall–Kier alpha value is -3.96. The van der Waals surface area contributed by atoms with Crippen LogP contribution in [-0.2, 0) is 36.8 Å². The molecule has 2 heterocycles. The van der Waals surface area contributed by atoms with Gasteiger partial charge in [0.15, 0.2) is 12.6 Å². The Balaban J connectivity index is 1.07. The molecule has 0 saturated carbocycles. The topological polar surface area (TPSA) is 135 Å².